The van der Waals surface area contributed by atoms with Crippen molar-refractivity contribution in [1.82, 2.24) is 9.03 Å². The molecule has 0 spiro atoms. The van der Waals surface area contributed by atoms with Crippen LogP contribution in [-0.2, 0) is 21.4 Å². The van der Waals surface area contributed by atoms with Crippen molar-refractivity contribution in [3.8, 4) is 0 Å². The summed E-state index contributed by atoms with van der Waals surface area (Å²) in [5.41, 5.74) is 0.987. The topological polar surface area (TPSA) is 86.7 Å². The lowest BCUT2D eigenvalue weighted by atomic mass is 9.94. The lowest BCUT2D eigenvalue weighted by Crippen LogP contribution is -2.51. The molecule has 0 aromatic heterocycles. The summed E-state index contributed by atoms with van der Waals surface area (Å²) in [7, 11) is -3.63. The number of nitrogens with one attached hydrogen (secondary N) is 1. The number of carboxylic acids is 1. The van der Waals surface area contributed by atoms with E-state index in [4.69, 9.17) is 5.11 Å². The Kier molecular flexibility index (Phi) is 6.98. The first kappa shape index (κ1) is 19.9. The zero-order valence-electron chi connectivity index (χ0n) is 14.9. The molecule has 0 amide bonds. The van der Waals surface area contributed by atoms with Crippen LogP contribution in [0.4, 0.5) is 0 Å². The maximum Gasteiger partial charge on any atom is 0.303 e. The summed E-state index contributed by atoms with van der Waals surface area (Å²) in [6.07, 6.45) is 1.71. The van der Waals surface area contributed by atoms with Crippen molar-refractivity contribution in [2.45, 2.75) is 45.6 Å². The predicted molar refractivity (Wildman–Crippen MR) is 97.4 cm³/mol. The van der Waals surface area contributed by atoms with Gasteiger partial charge in [0.2, 0.25) is 0 Å². The number of benzene rings is 1. The Hall–Kier alpha value is -1.44. The maximum atomic E-state index is 12.8. The molecule has 1 aromatic rings. The van der Waals surface area contributed by atoms with Crippen LogP contribution >= 0.6 is 0 Å². The summed E-state index contributed by atoms with van der Waals surface area (Å²) in [4.78, 5) is 10.9. The zero-order valence-corrected chi connectivity index (χ0v) is 15.7. The zero-order chi connectivity index (χ0) is 18.4. The largest absolute Gasteiger partial charge is 0.481 e. The van der Waals surface area contributed by atoms with Crippen LogP contribution in [0.2, 0.25) is 0 Å². The van der Waals surface area contributed by atoms with E-state index in [9.17, 15) is 13.2 Å². The number of aliphatic carboxylic acids is 1. The first-order valence-corrected chi connectivity index (χ1v) is 10.2. The molecule has 3 unspecified atom stereocenters. The van der Waals surface area contributed by atoms with Gasteiger partial charge in [-0.2, -0.15) is 17.4 Å². The van der Waals surface area contributed by atoms with Gasteiger partial charge in [0.15, 0.2) is 0 Å². The van der Waals surface area contributed by atoms with Gasteiger partial charge in [0.1, 0.15) is 0 Å². The van der Waals surface area contributed by atoms with Crippen molar-refractivity contribution in [3.05, 3.63) is 35.9 Å². The molecule has 140 valence electrons. The summed E-state index contributed by atoms with van der Waals surface area (Å²) in [6, 6.07) is 9.10. The highest BCUT2D eigenvalue weighted by Crippen LogP contribution is 2.23. The van der Waals surface area contributed by atoms with Crippen LogP contribution < -0.4 is 4.72 Å². The van der Waals surface area contributed by atoms with E-state index in [1.807, 2.05) is 30.3 Å². The fourth-order valence-corrected chi connectivity index (χ4v) is 5.16. The molecule has 2 N–H and O–H groups in total. The summed E-state index contributed by atoms with van der Waals surface area (Å²) >= 11 is 0. The van der Waals surface area contributed by atoms with Crippen molar-refractivity contribution in [2.24, 2.45) is 11.8 Å². The number of nitrogens with zero attached hydrogens (tertiary/aromatic N) is 1. The lowest BCUT2D eigenvalue weighted by Gasteiger charge is -2.35. The van der Waals surface area contributed by atoms with E-state index >= 15 is 0 Å². The third-order valence-corrected chi connectivity index (χ3v) is 6.13. The number of carboxylic acid groups (broad SMARTS) is 1. The minimum absolute atomic E-state index is 0.0627. The second-order valence-corrected chi connectivity index (χ2v) is 8.91. The van der Waals surface area contributed by atoms with Crippen LogP contribution in [0.25, 0.3) is 0 Å². The van der Waals surface area contributed by atoms with Crippen molar-refractivity contribution < 1.29 is 18.3 Å². The highest BCUT2D eigenvalue weighted by molar-refractivity contribution is 7.87. The first-order valence-electron chi connectivity index (χ1n) is 8.79. The Morgan fingerprint density at radius 2 is 1.84 bits per heavy atom. The molecule has 1 aliphatic heterocycles. The van der Waals surface area contributed by atoms with E-state index in [2.05, 4.69) is 18.6 Å². The Bertz CT molecular complexity index is 653. The van der Waals surface area contributed by atoms with Gasteiger partial charge in [0.25, 0.3) is 10.2 Å². The van der Waals surface area contributed by atoms with Gasteiger partial charge >= 0.3 is 5.97 Å². The molecule has 0 radical (unpaired) electrons. The van der Waals surface area contributed by atoms with Gasteiger partial charge in [0, 0.05) is 25.6 Å². The minimum atomic E-state index is -3.63. The molecule has 1 fully saturated rings. The van der Waals surface area contributed by atoms with Gasteiger partial charge in [-0.05, 0) is 36.7 Å². The molecular formula is C18H28N2O4S. The molecule has 0 bridgehead atoms. The monoisotopic (exact) mass is 368 g/mol. The Morgan fingerprint density at radius 3 is 2.40 bits per heavy atom. The van der Waals surface area contributed by atoms with Crippen molar-refractivity contribution in [3.63, 3.8) is 0 Å². The molecular weight excluding hydrogens is 340 g/mol. The van der Waals surface area contributed by atoms with Gasteiger partial charge in [-0.3, -0.25) is 4.79 Å². The van der Waals surface area contributed by atoms with Gasteiger partial charge in [0.05, 0.1) is 0 Å². The molecule has 1 aliphatic rings. The Labute approximate surface area is 150 Å². The maximum absolute atomic E-state index is 12.8. The number of hydrogen-bond acceptors (Lipinski definition) is 3. The Morgan fingerprint density at radius 1 is 1.24 bits per heavy atom. The van der Waals surface area contributed by atoms with Crippen LogP contribution in [-0.4, -0.2) is 42.9 Å². The fourth-order valence-electron chi connectivity index (χ4n) is 3.49. The lowest BCUT2D eigenvalue weighted by molar-refractivity contribution is -0.137. The summed E-state index contributed by atoms with van der Waals surface area (Å²) in [5, 5.41) is 8.96. The molecule has 2 rings (SSSR count). The quantitative estimate of drug-likeness (QED) is 0.737. The van der Waals surface area contributed by atoms with Crippen molar-refractivity contribution in [1.29, 1.82) is 0 Å². The SMILES string of the molecule is CC1CC(C)CN(S(=O)(=O)NC(CCC(=O)O)Cc2ccccc2)C1. The summed E-state index contributed by atoms with van der Waals surface area (Å²) in [6.45, 7) is 5.14. The standard InChI is InChI=1S/C18H28N2O4S/c1-14-10-15(2)13-20(12-14)25(23,24)19-17(8-9-18(21)22)11-16-6-4-3-5-7-16/h3-7,14-15,17,19H,8-13H2,1-2H3,(H,21,22). The smallest absolute Gasteiger partial charge is 0.303 e. The average molecular weight is 368 g/mol. The third kappa shape index (κ3) is 6.41. The van der Waals surface area contributed by atoms with Crippen molar-refractivity contribution >= 4 is 16.2 Å². The number of carbonyl (C=O) groups is 1. The normalized spacial score (nSPS) is 23.3. The van der Waals surface area contributed by atoms with E-state index < -0.39 is 22.2 Å². The molecule has 3 atom stereocenters. The molecule has 6 nitrogen and oxygen atoms in total. The minimum Gasteiger partial charge on any atom is -0.481 e. The number of rotatable bonds is 8. The Balaban J connectivity index is 2.09. The van der Waals surface area contributed by atoms with E-state index in [-0.39, 0.29) is 12.8 Å². The molecule has 1 aromatic carbocycles. The second kappa shape index (κ2) is 8.78. The van der Waals surface area contributed by atoms with Crippen LogP contribution in [0.3, 0.4) is 0 Å². The second-order valence-electron chi connectivity index (χ2n) is 7.20. The molecule has 7 heteroatoms. The van der Waals surface area contributed by atoms with Crippen LogP contribution in [0.15, 0.2) is 30.3 Å². The number of piperidine rings is 1. The molecule has 1 saturated heterocycles. The summed E-state index contributed by atoms with van der Waals surface area (Å²) < 4.78 is 29.8. The van der Waals surface area contributed by atoms with E-state index in [0.29, 0.717) is 31.3 Å². The molecule has 0 aliphatic carbocycles. The average Bonchev–Trinajstić information content (AvgIpc) is 2.52. The van der Waals surface area contributed by atoms with E-state index in [1.165, 1.54) is 4.31 Å². The van der Waals surface area contributed by atoms with Gasteiger partial charge in [-0.15, -0.1) is 0 Å². The highest BCUT2D eigenvalue weighted by Gasteiger charge is 2.32. The van der Waals surface area contributed by atoms with Gasteiger partial charge < -0.3 is 5.11 Å². The van der Waals surface area contributed by atoms with Crippen LogP contribution in [0, 0.1) is 11.8 Å². The predicted octanol–water partition coefficient (Wildman–Crippen LogP) is 2.27. The van der Waals surface area contributed by atoms with Crippen molar-refractivity contribution in [2.75, 3.05) is 13.1 Å². The molecule has 0 saturated carbocycles. The van der Waals surface area contributed by atoms with E-state index in [0.717, 1.165) is 12.0 Å². The van der Waals surface area contributed by atoms with E-state index in [1.54, 1.807) is 0 Å². The van der Waals surface area contributed by atoms with Crippen LogP contribution in [0.1, 0.15) is 38.7 Å². The first-order chi connectivity index (χ1) is 11.8. The van der Waals surface area contributed by atoms with Gasteiger partial charge in [-0.25, -0.2) is 0 Å². The summed E-state index contributed by atoms with van der Waals surface area (Å²) in [5.74, 6) is -0.267. The fraction of sp³-hybridized carbons (Fsp3) is 0.611. The molecule has 1 heterocycles. The third-order valence-electron chi connectivity index (χ3n) is 4.52. The number of hydrogen-bond donors (Lipinski definition) is 2. The van der Waals surface area contributed by atoms with Crippen LogP contribution in [0.5, 0.6) is 0 Å². The molecule has 25 heavy (non-hydrogen) atoms. The highest BCUT2D eigenvalue weighted by atomic mass is 32.2. The van der Waals surface area contributed by atoms with Gasteiger partial charge in [-0.1, -0.05) is 44.2 Å².